The van der Waals surface area contributed by atoms with Crippen molar-refractivity contribution in [2.45, 2.75) is 26.4 Å². The Morgan fingerprint density at radius 3 is 2.67 bits per heavy atom. The highest BCUT2D eigenvalue weighted by Gasteiger charge is 2.25. The molecule has 0 radical (unpaired) electrons. The summed E-state index contributed by atoms with van der Waals surface area (Å²) in [5, 5.41) is 13.2. The molecule has 1 amide bonds. The Balaban J connectivity index is 1.39. The van der Waals surface area contributed by atoms with Crippen LogP contribution in [-0.4, -0.2) is 71.7 Å². The van der Waals surface area contributed by atoms with Gasteiger partial charge in [-0.3, -0.25) is 14.6 Å². The number of piperazine rings is 1. The van der Waals surface area contributed by atoms with Crippen molar-refractivity contribution in [2.24, 2.45) is 0 Å². The molecule has 1 aromatic heterocycles. The number of aliphatic hydroxyl groups is 1. The molecule has 3 heterocycles. The maximum absolute atomic E-state index is 12.6. The lowest BCUT2D eigenvalue weighted by molar-refractivity contribution is 0.0966. The van der Waals surface area contributed by atoms with E-state index in [-0.39, 0.29) is 12.5 Å². The number of rotatable bonds is 8. The summed E-state index contributed by atoms with van der Waals surface area (Å²) in [7, 11) is 0. The van der Waals surface area contributed by atoms with Gasteiger partial charge in [-0.15, -0.1) is 0 Å². The summed E-state index contributed by atoms with van der Waals surface area (Å²) in [5.41, 5.74) is 5.91. The summed E-state index contributed by atoms with van der Waals surface area (Å²) in [4.78, 5) is 20.8. The van der Waals surface area contributed by atoms with Gasteiger partial charge < -0.3 is 20.1 Å². The van der Waals surface area contributed by atoms with Crippen molar-refractivity contribution in [2.75, 3.05) is 45.9 Å². The summed E-state index contributed by atoms with van der Waals surface area (Å²) < 4.78 is 5.90. The molecule has 0 spiro atoms. The summed E-state index contributed by atoms with van der Waals surface area (Å²) in [6.07, 6.45) is 0.940. The Labute approximate surface area is 194 Å². The van der Waals surface area contributed by atoms with Gasteiger partial charge >= 0.3 is 0 Å². The molecule has 0 saturated carbocycles. The van der Waals surface area contributed by atoms with Gasteiger partial charge in [-0.2, -0.15) is 0 Å². The van der Waals surface area contributed by atoms with Gasteiger partial charge in [-0.1, -0.05) is 13.0 Å². The minimum atomic E-state index is -0.0262. The molecule has 1 saturated heterocycles. The third kappa shape index (κ3) is 4.62. The van der Waals surface area contributed by atoms with Crippen LogP contribution in [0.4, 0.5) is 0 Å². The molecular formula is C26H32N4O3. The molecule has 3 aromatic rings. The van der Waals surface area contributed by atoms with Gasteiger partial charge in [0.25, 0.3) is 5.91 Å². The highest BCUT2D eigenvalue weighted by atomic mass is 16.5. The van der Waals surface area contributed by atoms with E-state index >= 15 is 0 Å². The van der Waals surface area contributed by atoms with Crippen molar-refractivity contribution >= 4 is 16.8 Å². The fourth-order valence-corrected chi connectivity index (χ4v) is 4.86. The van der Waals surface area contributed by atoms with Gasteiger partial charge in [-0.25, -0.2) is 0 Å². The van der Waals surface area contributed by atoms with E-state index in [1.165, 1.54) is 5.56 Å². The molecule has 174 valence electrons. The molecule has 7 heteroatoms. The fraction of sp³-hybridized carbons (Fsp3) is 0.423. The number of aliphatic hydroxyl groups excluding tert-OH is 1. The van der Waals surface area contributed by atoms with Gasteiger partial charge in [0, 0.05) is 68.0 Å². The van der Waals surface area contributed by atoms with Crippen LogP contribution in [0, 0.1) is 0 Å². The zero-order chi connectivity index (χ0) is 22.8. The average molecular weight is 449 g/mol. The maximum Gasteiger partial charge on any atom is 0.252 e. The number of β-amino-alcohol motifs (C(OH)–C–C–N with tert-alkyl or cyclic N) is 1. The largest absolute Gasteiger partial charge is 0.494 e. The Kier molecular flexibility index (Phi) is 6.35. The molecular weight excluding hydrogens is 416 g/mol. The van der Waals surface area contributed by atoms with Crippen molar-refractivity contribution in [3.63, 3.8) is 0 Å². The number of fused-ring (bicyclic) bond motifs is 2. The van der Waals surface area contributed by atoms with Crippen LogP contribution in [0.1, 0.15) is 34.8 Å². The molecule has 0 aliphatic carbocycles. The summed E-state index contributed by atoms with van der Waals surface area (Å²) in [6.45, 7) is 9.23. The number of hydrogen-bond donors (Lipinski definition) is 3. The number of aromatic nitrogens is 1. The second-order valence-electron chi connectivity index (χ2n) is 8.98. The minimum Gasteiger partial charge on any atom is -0.494 e. The molecule has 7 nitrogen and oxygen atoms in total. The topological polar surface area (TPSA) is 80.8 Å². The Morgan fingerprint density at radius 1 is 1.06 bits per heavy atom. The van der Waals surface area contributed by atoms with Gasteiger partial charge in [0.15, 0.2) is 0 Å². The Bertz CT molecular complexity index is 1150. The number of carbonyl (C=O) groups excluding carboxylic acids is 1. The molecule has 0 bridgehead atoms. The van der Waals surface area contributed by atoms with Crippen LogP contribution in [0.5, 0.6) is 5.75 Å². The lowest BCUT2D eigenvalue weighted by Crippen LogP contribution is -2.46. The predicted octanol–water partition coefficient (Wildman–Crippen LogP) is 2.98. The number of aromatic amines is 1. The Morgan fingerprint density at radius 2 is 1.88 bits per heavy atom. The van der Waals surface area contributed by atoms with Crippen LogP contribution in [0.25, 0.3) is 22.2 Å². The van der Waals surface area contributed by atoms with E-state index in [4.69, 9.17) is 9.84 Å². The van der Waals surface area contributed by atoms with Crippen LogP contribution in [-0.2, 0) is 13.1 Å². The van der Waals surface area contributed by atoms with Crippen molar-refractivity contribution in [3.8, 4) is 17.0 Å². The lowest BCUT2D eigenvalue weighted by Gasteiger charge is -2.34. The molecule has 5 rings (SSSR count). The standard InChI is InChI=1S/C26H32N4O3/c1-2-11-33-21-13-20-16-27-26(32)25(20)22(15-21)24-14-19-12-18(3-4-23(19)28-24)17-30-7-5-29(6-8-30)9-10-31/h3-4,12-15,28,31H,2,5-11,16-17H2,1H3,(H,27,32). The Hall–Kier alpha value is -2.87. The van der Waals surface area contributed by atoms with E-state index in [0.29, 0.717) is 13.2 Å². The highest BCUT2D eigenvalue weighted by Crippen LogP contribution is 2.35. The number of carbonyl (C=O) groups is 1. The SMILES string of the molecule is CCCOc1cc2c(c(-c3cc4cc(CN5CCN(CCO)CC5)ccc4[nH]3)c1)C(=O)NC2. The smallest absolute Gasteiger partial charge is 0.252 e. The first-order valence-electron chi connectivity index (χ1n) is 11.9. The van der Waals surface area contributed by atoms with Crippen LogP contribution in [0.15, 0.2) is 36.4 Å². The van der Waals surface area contributed by atoms with Gasteiger partial charge in [0.1, 0.15) is 5.75 Å². The number of nitrogens with zero attached hydrogens (tertiary/aromatic N) is 2. The molecule has 33 heavy (non-hydrogen) atoms. The summed E-state index contributed by atoms with van der Waals surface area (Å²) >= 11 is 0. The van der Waals surface area contributed by atoms with Crippen LogP contribution in [0.2, 0.25) is 0 Å². The molecule has 0 atom stereocenters. The third-order valence-corrected chi connectivity index (χ3v) is 6.60. The molecule has 3 N–H and O–H groups in total. The van der Waals surface area contributed by atoms with Crippen molar-refractivity contribution in [3.05, 3.63) is 53.1 Å². The van der Waals surface area contributed by atoms with Gasteiger partial charge in [0.05, 0.1) is 18.8 Å². The maximum atomic E-state index is 12.6. The quantitative estimate of drug-likeness (QED) is 0.494. The molecule has 0 unspecified atom stereocenters. The van der Waals surface area contributed by atoms with Crippen LogP contribution >= 0.6 is 0 Å². The second kappa shape index (κ2) is 9.55. The first-order valence-corrected chi connectivity index (χ1v) is 11.9. The number of amides is 1. The minimum absolute atomic E-state index is 0.0262. The van der Waals surface area contributed by atoms with E-state index in [1.54, 1.807) is 0 Å². The predicted molar refractivity (Wildman–Crippen MR) is 129 cm³/mol. The zero-order valence-corrected chi connectivity index (χ0v) is 19.2. The highest BCUT2D eigenvalue weighted by molar-refractivity contribution is 6.05. The third-order valence-electron chi connectivity index (χ3n) is 6.60. The van der Waals surface area contributed by atoms with E-state index in [9.17, 15) is 4.79 Å². The van der Waals surface area contributed by atoms with E-state index in [1.807, 2.05) is 12.1 Å². The molecule has 1 fully saturated rings. The average Bonchev–Trinajstić information content (AvgIpc) is 3.42. The molecule has 2 aliphatic rings. The monoisotopic (exact) mass is 448 g/mol. The van der Waals surface area contributed by atoms with E-state index in [2.05, 4.69) is 51.3 Å². The number of H-pyrrole nitrogens is 1. The molecule has 2 aromatic carbocycles. The number of ether oxygens (including phenoxy) is 1. The first kappa shape index (κ1) is 21.9. The summed E-state index contributed by atoms with van der Waals surface area (Å²) in [5.74, 6) is 0.781. The molecule has 2 aliphatic heterocycles. The van der Waals surface area contributed by atoms with Crippen LogP contribution in [0.3, 0.4) is 0 Å². The van der Waals surface area contributed by atoms with Gasteiger partial charge in [0.2, 0.25) is 0 Å². The number of nitrogens with one attached hydrogen (secondary N) is 2. The van der Waals surface area contributed by atoms with Crippen LogP contribution < -0.4 is 10.1 Å². The zero-order valence-electron chi connectivity index (χ0n) is 19.2. The van der Waals surface area contributed by atoms with E-state index < -0.39 is 0 Å². The van der Waals surface area contributed by atoms with Crippen molar-refractivity contribution in [1.29, 1.82) is 0 Å². The lowest BCUT2D eigenvalue weighted by atomic mass is 9.99. The fourth-order valence-electron chi connectivity index (χ4n) is 4.86. The van der Waals surface area contributed by atoms with Crippen molar-refractivity contribution < 1.29 is 14.6 Å². The van der Waals surface area contributed by atoms with Crippen molar-refractivity contribution in [1.82, 2.24) is 20.1 Å². The van der Waals surface area contributed by atoms with E-state index in [0.717, 1.165) is 84.7 Å². The normalized spacial score (nSPS) is 16.8. The number of hydrogen-bond acceptors (Lipinski definition) is 5. The first-order chi connectivity index (χ1) is 16.1. The van der Waals surface area contributed by atoms with Gasteiger partial charge in [-0.05, 0) is 47.9 Å². The second-order valence-corrected chi connectivity index (χ2v) is 8.98. The summed E-state index contributed by atoms with van der Waals surface area (Å²) in [6, 6.07) is 12.7. The number of benzene rings is 2.